The standard InChI is InChI=1S/C14H24N2O3/c1-4-19-14(18)12-7-5-10-16(11-12)13(17)8-6-9-15(2)3/h6,8,12H,4-5,7,9-11H2,1-3H3/b8-6+/t12-/m1/s1. The van der Waals surface area contributed by atoms with Crippen LogP contribution in [-0.2, 0) is 14.3 Å². The van der Waals surface area contributed by atoms with Gasteiger partial charge in [0.05, 0.1) is 12.5 Å². The highest BCUT2D eigenvalue weighted by molar-refractivity contribution is 5.88. The van der Waals surface area contributed by atoms with Crippen molar-refractivity contribution in [3.05, 3.63) is 12.2 Å². The minimum atomic E-state index is -0.183. The van der Waals surface area contributed by atoms with E-state index >= 15 is 0 Å². The van der Waals surface area contributed by atoms with Gasteiger partial charge in [-0.3, -0.25) is 9.59 Å². The first-order chi connectivity index (χ1) is 9.04. The van der Waals surface area contributed by atoms with Gasteiger partial charge in [-0.25, -0.2) is 0 Å². The summed E-state index contributed by atoms with van der Waals surface area (Å²) in [7, 11) is 3.90. The Labute approximate surface area is 115 Å². The normalized spacial score (nSPS) is 20.0. The molecule has 0 spiro atoms. The summed E-state index contributed by atoms with van der Waals surface area (Å²) in [5.74, 6) is -0.368. The Morgan fingerprint density at radius 1 is 1.42 bits per heavy atom. The summed E-state index contributed by atoms with van der Waals surface area (Å²) in [5, 5.41) is 0. The molecule has 1 atom stereocenters. The molecular formula is C14H24N2O3. The van der Waals surface area contributed by atoms with Crippen molar-refractivity contribution in [2.75, 3.05) is 40.3 Å². The first-order valence-electron chi connectivity index (χ1n) is 6.81. The van der Waals surface area contributed by atoms with E-state index in [1.165, 1.54) is 0 Å². The molecule has 0 N–H and O–H groups in total. The Morgan fingerprint density at radius 3 is 2.79 bits per heavy atom. The minimum Gasteiger partial charge on any atom is -0.466 e. The number of hydrogen-bond donors (Lipinski definition) is 0. The van der Waals surface area contributed by atoms with Crippen LogP contribution in [0.25, 0.3) is 0 Å². The van der Waals surface area contributed by atoms with E-state index in [0.29, 0.717) is 13.2 Å². The molecule has 1 aliphatic heterocycles. The lowest BCUT2D eigenvalue weighted by Gasteiger charge is -2.30. The number of ether oxygens (including phenoxy) is 1. The summed E-state index contributed by atoms with van der Waals surface area (Å²) in [4.78, 5) is 27.4. The lowest BCUT2D eigenvalue weighted by molar-refractivity contribution is -0.150. The van der Waals surface area contributed by atoms with Gasteiger partial charge >= 0.3 is 5.97 Å². The van der Waals surface area contributed by atoms with Gasteiger partial charge in [0.1, 0.15) is 0 Å². The maximum atomic E-state index is 12.0. The molecule has 0 aromatic carbocycles. The van der Waals surface area contributed by atoms with Gasteiger partial charge in [-0.2, -0.15) is 0 Å². The van der Waals surface area contributed by atoms with Gasteiger partial charge in [0.15, 0.2) is 0 Å². The third-order valence-corrected chi connectivity index (χ3v) is 3.08. The Kier molecular flexibility index (Phi) is 6.56. The molecule has 1 aliphatic rings. The van der Waals surface area contributed by atoms with Gasteiger partial charge < -0.3 is 14.5 Å². The average molecular weight is 268 g/mol. The largest absolute Gasteiger partial charge is 0.466 e. The van der Waals surface area contributed by atoms with E-state index in [0.717, 1.165) is 25.9 Å². The minimum absolute atomic E-state index is 0.0177. The Morgan fingerprint density at radius 2 is 2.16 bits per heavy atom. The molecule has 1 heterocycles. The summed E-state index contributed by atoms with van der Waals surface area (Å²) in [6, 6.07) is 0. The predicted octanol–water partition coefficient (Wildman–Crippen LogP) is 0.906. The monoisotopic (exact) mass is 268 g/mol. The molecule has 108 valence electrons. The van der Waals surface area contributed by atoms with Crippen LogP contribution in [0.1, 0.15) is 19.8 Å². The second kappa shape index (κ2) is 7.94. The number of piperidine rings is 1. The predicted molar refractivity (Wildman–Crippen MR) is 73.6 cm³/mol. The third-order valence-electron chi connectivity index (χ3n) is 3.08. The number of hydrogen-bond acceptors (Lipinski definition) is 4. The third kappa shape index (κ3) is 5.42. The van der Waals surface area contributed by atoms with E-state index in [2.05, 4.69) is 0 Å². The Balaban J connectivity index is 2.47. The number of rotatable bonds is 5. The van der Waals surface area contributed by atoms with Crippen LogP contribution in [0.15, 0.2) is 12.2 Å². The molecule has 0 unspecified atom stereocenters. The molecule has 0 aromatic rings. The molecule has 0 aromatic heterocycles. The molecule has 0 radical (unpaired) electrons. The zero-order valence-corrected chi connectivity index (χ0v) is 12.1. The first kappa shape index (κ1) is 15.7. The average Bonchev–Trinajstić information content (AvgIpc) is 2.38. The SMILES string of the molecule is CCOC(=O)[C@@H]1CCCN(C(=O)/C=C/CN(C)C)C1. The molecule has 1 saturated heterocycles. The summed E-state index contributed by atoms with van der Waals surface area (Å²) in [6.07, 6.45) is 5.10. The molecule has 5 nitrogen and oxygen atoms in total. The van der Waals surface area contributed by atoms with E-state index in [1.807, 2.05) is 25.1 Å². The molecule has 1 rings (SSSR count). The Bertz CT molecular complexity index is 340. The fourth-order valence-electron chi connectivity index (χ4n) is 2.10. The van der Waals surface area contributed by atoms with E-state index in [9.17, 15) is 9.59 Å². The van der Waals surface area contributed by atoms with Crippen LogP contribution < -0.4 is 0 Å². The van der Waals surface area contributed by atoms with Crippen molar-refractivity contribution < 1.29 is 14.3 Å². The van der Waals surface area contributed by atoms with Gasteiger partial charge in [-0.1, -0.05) is 6.08 Å². The Hall–Kier alpha value is -1.36. The number of likely N-dealkylation sites (N-methyl/N-ethyl adjacent to an activating group) is 1. The summed E-state index contributed by atoms with van der Waals surface area (Å²) >= 11 is 0. The van der Waals surface area contributed by atoms with Crippen LogP contribution in [0.4, 0.5) is 0 Å². The number of likely N-dealkylation sites (tertiary alicyclic amines) is 1. The maximum Gasteiger partial charge on any atom is 0.310 e. The van der Waals surface area contributed by atoms with E-state index in [1.54, 1.807) is 17.9 Å². The quantitative estimate of drug-likeness (QED) is 0.549. The molecule has 1 fully saturated rings. The van der Waals surface area contributed by atoms with Crippen molar-refractivity contribution in [2.24, 2.45) is 5.92 Å². The van der Waals surface area contributed by atoms with Crippen molar-refractivity contribution in [3.8, 4) is 0 Å². The summed E-state index contributed by atoms with van der Waals surface area (Å²) in [5.41, 5.74) is 0. The highest BCUT2D eigenvalue weighted by atomic mass is 16.5. The highest BCUT2D eigenvalue weighted by Crippen LogP contribution is 2.18. The van der Waals surface area contributed by atoms with Crippen molar-refractivity contribution in [2.45, 2.75) is 19.8 Å². The molecule has 0 aliphatic carbocycles. The van der Waals surface area contributed by atoms with Crippen molar-refractivity contribution >= 4 is 11.9 Å². The van der Waals surface area contributed by atoms with Crippen LogP contribution in [-0.4, -0.2) is 62.0 Å². The number of nitrogens with zero attached hydrogens (tertiary/aromatic N) is 2. The maximum absolute atomic E-state index is 12.0. The number of esters is 1. The zero-order chi connectivity index (χ0) is 14.3. The summed E-state index contributed by atoms with van der Waals surface area (Å²) < 4.78 is 5.02. The number of amides is 1. The van der Waals surface area contributed by atoms with Gasteiger partial charge in [0.25, 0.3) is 0 Å². The lowest BCUT2D eigenvalue weighted by Crippen LogP contribution is -2.42. The summed E-state index contributed by atoms with van der Waals surface area (Å²) in [6.45, 7) is 4.13. The van der Waals surface area contributed by atoms with E-state index in [-0.39, 0.29) is 17.8 Å². The molecule has 19 heavy (non-hydrogen) atoms. The fraction of sp³-hybridized carbons (Fsp3) is 0.714. The van der Waals surface area contributed by atoms with Crippen LogP contribution in [0.3, 0.4) is 0 Å². The van der Waals surface area contributed by atoms with Crippen LogP contribution >= 0.6 is 0 Å². The van der Waals surface area contributed by atoms with Crippen molar-refractivity contribution in [1.29, 1.82) is 0 Å². The van der Waals surface area contributed by atoms with E-state index in [4.69, 9.17) is 4.74 Å². The van der Waals surface area contributed by atoms with Gasteiger partial charge in [0, 0.05) is 25.7 Å². The van der Waals surface area contributed by atoms with Crippen molar-refractivity contribution in [3.63, 3.8) is 0 Å². The highest BCUT2D eigenvalue weighted by Gasteiger charge is 2.28. The molecule has 5 heteroatoms. The second-order valence-corrected chi connectivity index (χ2v) is 5.04. The zero-order valence-electron chi connectivity index (χ0n) is 12.1. The molecule has 0 bridgehead atoms. The lowest BCUT2D eigenvalue weighted by atomic mass is 9.98. The number of carbonyl (C=O) groups excluding carboxylic acids is 2. The van der Waals surface area contributed by atoms with Crippen LogP contribution in [0, 0.1) is 5.92 Å². The molecular weight excluding hydrogens is 244 g/mol. The van der Waals surface area contributed by atoms with Crippen LogP contribution in [0.5, 0.6) is 0 Å². The molecule has 1 amide bonds. The topological polar surface area (TPSA) is 49.9 Å². The number of carbonyl (C=O) groups is 2. The van der Waals surface area contributed by atoms with Crippen molar-refractivity contribution in [1.82, 2.24) is 9.80 Å². The fourth-order valence-corrected chi connectivity index (χ4v) is 2.10. The smallest absolute Gasteiger partial charge is 0.310 e. The van der Waals surface area contributed by atoms with Gasteiger partial charge in [-0.15, -0.1) is 0 Å². The first-order valence-corrected chi connectivity index (χ1v) is 6.81. The van der Waals surface area contributed by atoms with Gasteiger partial charge in [-0.05, 0) is 33.9 Å². The molecule has 0 saturated carbocycles. The van der Waals surface area contributed by atoms with E-state index < -0.39 is 0 Å². The van der Waals surface area contributed by atoms with Gasteiger partial charge in [0.2, 0.25) is 5.91 Å². The van der Waals surface area contributed by atoms with Crippen LogP contribution in [0.2, 0.25) is 0 Å². The second-order valence-electron chi connectivity index (χ2n) is 5.04.